The van der Waals surface area contributed by atoms with Gasteiger partial charge in [0, 0.05) is 47.7 Å². The van der Waals surface area contributed by atoms with E-state index in [1.54, 1.807) is 0 Å². The molecule has 0 radical (unpaired) electrons. The van der Waals surface area contributed by atoms with Crippen LogP contribution in [0, 0.1) is 5.92 Å². The Kier molecular flexibility index (Phi) is 8.11. The summed E-state index contributed by atoms with van der Waals surface area (Å²) < 4.78 is 7.88. The molecule has 0 aliphatic heterocycles. The molecule has 0 spiro atoms. The number of ether oxygens (including phenoxy) is 1. The zero-order valence-electron chi connectivity index (χ0n) is 23.9. The number of likely N-dealkylation sites (N-methyl/N-ethyl adjacent to an activating group) is 1. The molecule has 1 unspecified atom stereocenters. The SMILES string of the molecule is CCCC(=O)NC1=CC(c2nc(Nc3ccc4c(cnn4C)c3)c3cc(OCCN(C)C)ccc3n2)=CC(C)C1. The fourth-order valence-corrected chi connectivity index (χ4v) is 4.85. The highest BCUT2D eigenvalue weighted by Crippen LogP contribution is 2.32. The first-order valence-corrected chi connectivity index (χ1v) is 13.8. The first-order chi connectivity index (χ1) is 19.3. The fourth-order valence-electron chi connectivity index (χ4n) is 4.85. The normalized spacial score (nSPS) is 15.3. The minimum atomic E-state index is 0.0385. The fraction of sp³-hybridized carbons (Fsp3) is 0.355. The lowest BCUT2D eigenvalue weighted by Gasteiger charge is -2.20. The summed E-state index contributed by atoms with van der Waals surface area (Å²) >= 11 is 0. The third-order valence-corrected chi connectivity index (χ3v) is 6.85. The van der Waals surface area contributed by atoms with E-state index in [0.29, 0.717) is 24.7 Å². The minimum Gasteiger partial charge on any atom is -0.492 e. The zero-order valence-corrected chi connectivity index (χ0v) is 23.9. The molecule has 2 aromatic carbocycles. The lowest BCUT2D eigenvalue weighted by atomic mass is 9.94. The van der Waals surface area contributed by atoms with Gasteiger partial charge in [0.05, 0.1) is 17.2 Å². The Labute approximate surface area is 234 Å². The highest BCUT2D eigenvalue weighted by atomic mass is 16.5. The first kappa shape index (κ1) is 27.3. The van der Waals surface area contributed by atoms with Gasteiger partial charge in [0.25, 0.3) is 0 Å². The van der Waals surface area contributed by atoms with Gasteiger partial charge in [-0.2, -0.15) is 5.10 Å². The second kappa shape index (κ2) is 11.9. The number of carbonyl (C=O) groups is 1. The van der Waals surface area contributed by atoms with E-state index in [2.05, 4.69) is 39.7 Å². The predicted molar refractivity (Wildman–Crippen MR) is 160 cm³/mol. The highest BCUT2D eigenvalue weighted by Gasteiger charge is 2.19. The molecule has 0 saturated carbocycles. The zero-order chi connectivity index (χ0) is 28.2. The summed E-state index contributed by atoms with van der Waals surface area (Å²) in [6.45, 7) is 5.55. The smallest absolute Gasteiger partial charge is 0.224 e. The number of aromatic nitrogens is 4. The average Bonchev–Trinajstić information content (AvgIpc) is 3.28. The van der Waals surface area contributed by atoms with Crippen LogP contribution in [0.15, 0.2) is 60.4 Å². The van der Waals surface area contributed by atoms with Crippen LogP contribution in [0.5, 0.6) is 5.75 Å². The number of hydrogen-bond donors (Lipinski definition) is 2. The van der Waals surface area contributed by atoms with E-state index in [4.69, 9.17) is 14.7 Å². The van der Waals surface area contributed by atoms with Gasteiger partial charge in [0.2, 0.25) is 5.91 Å². The molecule has 208 valence electrons. The number of fused-ring (bicyclic) bond motifs is 2. The highest BCUT2D eigenvalue weighted by molar-refractivity contribution is 5.94. The summed E-state index contributed by atoms with van der Waals surface area (Å²) in [4.78, 5) is 24.3. The molecular weight excluding hydrogens is 502 g/mol. The van der Waals surface area contributed by atoms with Crippen LogP contribution in [-0.2, 0) is 11.8 Å². The van der Waals surface area contributed by atoms with Crippen molar-refractivity contribution in [2.75, 3.05) is 32.6 Å². The molecule has 2 N–H and O–H groups in total. The Morgan fingerprint density at radius 3 is 2.83 bits per heavy atom. The second-order valence-corrected chi connectivity index (χ2v) is 10.7. The lowest BCUT2D eigenvalue weighted by Crippen LogP contribution is -2.24. The minimum absolute atomic E-state index is 0.0385. The van der Waals surface area contributed by atoms with E-state index >= 15 is 0 Å². The standard InChI is InChI=1S/C31H37N7O2/c1-6-7-29(39)33-24-15-20(2)14-21(16-24)30-35-27-10-9-25(40-13-12-37(3)4)18-26(27)31(36-30)34-23-8-11-28-22(17-23)19-32-38(28)5/h8-11,14,16-20H,6-7,12-13,15H2,1-5H3,(H,33,39)(H,34,35,36). The van der Waals surface area contributed by atoms with E-state index < -0.39 is 0 Å². The van der Waals surface area contributed by atoms with Gasteiger partial charge in [-0.3, -0.25) is 9.48 Å². The van der Waals surface area contributed by atoms with Crippen molar-refractivity contribution in [2.24, 2.45) is 13.0 Å². The molecule has 9 nitrogen and oxygen atoms in total. The van der Waals surface area contributed by atoms with Crippen molar-refractivity contribution in [2.45, 2.75) is 33.1 Å². The van der Waals surface area contributed by atoms with E-state index in [1.165, 1.54) is 0 Å². The Morgan fingerprint density at radius 2 is 2.02 bits per heavy atom. The second-order valence-electron chi connectivity index (χ2n) is 10.7. The summed E-state index contributed by atoms with van der Waals surface area (Å²) in [7, 11) is 5.98. The molecule has 40 heavy (non-hydrogen) atoms. The number of carbonyl (C=O) groups excluding carboxylic acids is 1. The molecule has 1 aliphatic rings. The number of anilines is 2. The quantitative estimate of drug-likeness (QED) is 0.278. The molecule has 2 heterocycles. The molecule has 5 rings (SSSR count). The first-order valence-electron chi connectivity index (χ1n) is 13.8. The van der Waals surface area contributed by atoms with Gasteiger partial charge in [-0.1, -0.05) is 19.9 Å². The number of benzene rings is 2. The third kappa shape index (κ3) is 6.31. The Hall–Kier alpha value is -4.24. The van der Waals surface area contributed by atoms with Crippen LogP contribution < -0.4 is 15.4 Å². The van der Waals surface area contributed by atoms with Crippen LogP contribution in [0.3, 0.4) is 0 Å². The number of amides is 1. The topological polar surface area (TPSA) is 97.2 Å². The summed E-state index contributed by atoms with van der Waals surface area (Å²) in [6.07, 6.45) is 8.11. The van der Waals surface area contributed by atoms with E-state index in [0.717, 1.165) is 63.9 Å². The largest absolute Gasteiger partial charge is 0.492 e. The maximum atomic E-state index is 12.3. The van der Waals surface area contributed by atoms with Gasteiger partial charge in [0.1, 0.15) is 18.2 Å². The predicted octanol–water partition coefficient (Wildman–Crippen LogP) is 5.42. The van der Waals surface area contributed by atoms with Gasteiger partial charge in [-0.15, -0.1) is 0 Å². The number of nitrogens with zero attached hydrogens (tertiary/aromatic N) is 5. The molecule has 0 bridgehead atoms. The number of aryl methyl sites for hydroxylation is 1. The molecule has 1 aliphatic carbocycles. The van der Waals surface area contributed by atoms with Gasteiger partial charge < -0.3 is 20.3 Å². The average molecular weight is 540 g/mol. The Bertz CT molecular complexity index is 1600. The van der Waals surface area contributed by atoms with E-state index in [-0.39, 0.29) is 11.8 Å². The number of nitrogens with one attached hydrogen (secondary N) is 2. The van der Waals surface area contributed by atoms with Crippen LogP contribution in [0.25, 0.3) is 27.4 Å². The Morgan fingerprint density at radius 1 is 1.18 bits per heavy atom. The van der Waals surface area contributed by atoms with Crippen LogP contribution in [0.2, 0.25) is 0 Å². The molecular formula is C31H37N7O2. The van der Waals surface area contributed by atoms with Crippen molar-refractivity contribution in [1.82, 2.24) is 30.0 Å². The molecule has 1 amide bonds. The van der Waals surface area contributed by atoms with Crippen LogP contribution in [0.1, 0.15) is 38.9 Å². The van der Waals surface area contributed by atoms with Crippen molar-refractivity contribution >= 4 is 44.8 Å². The summed E-state index contributed by atoms with van der Waals surface area (Å²) in [5.74, 6) is 2.34. The molecule has 4 aromatic rings. The maximum absolute atomic E-state index is 12.3. The van der Waals surface area contributed by atoms with Crippen LogP contribution in [-0.4, -0.2) is 57.8 Å². The summed E-state index contributed by atoms with van der Waals surface area (Å²) in [5.41, 5.74) is 4.55. The Balaban J connectivity index is 1.54. The monoisotopic (exact) mass is 539 g/mol. The van der Waals surface area contributed by atoms with Crippen molar-refractivity contribution < 1.29 is 9.53 Å². The maximum Gasteiger partial charge on any atom is 0.224 e. The molecule has 2 aromatic heterocycles. The van der Waals surface area contributed by atoms with Crippen LogP contribution in [0.4, 0.5) is 11.5 Å². The third-order valence-electron chi connectivity index (χ3n) is 6.85. The number of rotatable bonds is 10. The molecule has 9 heteroatoms. The van der Waals surface area contributed by atoms with Crippen molar-refractivity contribution in [3.8, 4) is 5.75 Å². The van der Waals surface area contributed by atoms with Gasteiger partial charge in [-0.05, 0) is 75.3 Å². The molecule has 0 saturated heterocycles. The summed E-state index contributed by atoms with van der Waals surface area (Å²) in [6, 6.07) is 12.1. The summed E-state index contributed by atoms with van der Waals surface area (Å²) in [5, 5.41) is 12.9. The van der Waals surface area contributed by atoms with Crippen molar-refractivity contribution in [1.29, 1.82) is 0 Å². The van der Waals surface area contributed by atoms with Gasteiger partial charge in [0.15, 0.2) is 5.82 Å². The van der Waals surface area contributed by atoms with Crippen molar-refractivity contribution in [3.05, 3.63) is 66.3 Å². The van der Waals surface area contributed by atoms with Gasteiger partial charge >= 0.3 is 0 Å². The van der Waals surface area contributed by atoms with Gasteiger partial charge in [-0.25, -0.2) is 9.97 Å². The molecule has 0 fully saturated rings. The van der Waals surface area contributed by atoms with Crippen LogP contribution >= 0.6 is 0 Å². The number of hydrogen-bond acceptors (Lipinski definition) is 7. The van der Waals surface area contributed by atoms with E-state index in [9.17, 15) is 4.79 Å². The van der Waals surface area contributed by atoms with Crippen molar-refractivity contribution in [3.63, 3.8) is 0 Å². The lowest BCUT2D eigenvalue weighted by molar-refractivity contribution is -0.120. The molecule has 1 atom stereocenters. The van der Waals surface area contributed by atoms with E-state index in [1.807, 2.05) is 75.4 Å². The number of allylic oxidation sites excluding steroid dienone is 4.